The molecular weight excluding hydrogens is 669 g/mol. The van der Waals surface area contributed by atoms with Crippen LogP contribution in [0.4, 0.5) is 8.78 Å². The number of carboxylic acids is 1. The van der Waals surface area contributed by atoms with E-state index in [2.05, 4.69) is 16.9 Å². The lowest BCUT2D eigenvalue weighted by Crippen LogP contribution is -2.29. The smallest absolute Gasteiger partial charge is 0.303 e. The molecule has 1 atom stereocenters. The van der Waals surface area contributed by atoms with Gasteiger partial charge in [0.2, 0.25) is 0 Å². The van der Waals surface area contributed by atoms with E-state index < -0.39 is 38.3 Å². The number of halogens is 2. The zero-order chi connectivity index (χ0) is 35.1. The number of carbonyl (C=O) groups is 1. The predicted molar refractivity (Wildman–Crippen MR) is 185 cm³/mol. The molecule has 5 aromatic rings. The Morgan fingerprint density at radius 2 is 1.90 bits per heavy atom. The summed E-state index contributed by atoms with van der Waals surface area (Å²) in [5, 5.41) is 14.6. The number of aliphatic carboxylic acids is 1. The minimum Gasteiger partial charge on any atom is -0.481 e. The van der Waals surface area contributed by atoms with Crippen LogP contribution >= 0.6 is 11.8 Å². The summed E-state index contributed by atoms with van der Waals surface area (Å²) in [6, 6.07) is 12.9. The summed E-state index contributed by atoms with van der Waals surface area (Å²) in [5.41, 5.74) is 1.46. The van der Waals surface area contributed by atoms with Gasteiger partial charge in [-0.25, -0.2) is 26.9 Å². The van der Waals surface area contributed by atoms with Crippen LogP contribution in [0.3, 0.4) is 0 Å². The van der Waals surface area contributed by atoms with Crippen LogP contribution in [-0.2, 0) is 39.9 Å². The van der Waals surface area contributed by atoms with Crippen LogP contribution in [0, 0.1) is 17.0 Å². The number of pyridine rings is 1. The molecule has 0 aliphatic carbocycles. The maximum absolute atomic E-state index is 15.8. The standard InChI is InChI=1S/C36H39F2N5O4S2/c1-35(2)14-6-15-36(3,23-8-5-7-22(19-23)9-10-28(44)45)34-41-33(43(4)42-34)27-20-24(11-16-39-27)48-32-26(13-18-49(46,47)21-35)25-12-17-40-31(25)29(37)30(32)38/h5,7-8,11-12,16-17,19-20,40H,6,9-10,13-15,18,21H2,1-4H3,(H,44,45)/t36-/m1/s1. The maximum atomic E-state index is 15.8. The lowest BCUT2D eigenvalue weighted by molar-refractivity contribution is -0.136. The molecule has 3 aromatic heterocycles. The van der Waals surface area contributed by atoms with Gasteiger partial charge in [-0.15, -0.1) is 0 Å². The molecule has 0 fully saturated rings. The first-order valence-electron chi connectivity index (χ1n) is 16.2. The Morgan fingerprint density at radius 3 is 2.67 bits per heavy atom. The second kappa shape index (κ2) is 13.3. The minimum absolute atomic E-state index is 0.00587. The quantitative estimate of drug-likeness (QED) is 0.199. The average Bonchev–Trinajstić information content (AvgIpc) is 3.69. The van der Waals surface area contributed by atoms with E-state index >= 15 is 8.78 Å². The van der Waals surface area contributed by atoms with Crippen molar-refractivity contribution in [3.05, 3.63) is 89.0 Å². The molecule has 9 nitrogen and oxygen atoms in total. The Labute approximate surface area is 288 Å². The van der Waals surface area contributed by atoms with Gasteiger partial charge < -0.3 is 10.1 Å². The van der Waals surface area contributed by atoms with Crippen molar-refractivity contribution in [2.45, 2.75) is 74.5 Å². The molecule has 49 heavy (non-hydrogen) atoms. The van der Waals surface area contributed by atoms with Gasteiger partial charge >= 0.3 is 5.97 Å². The van der Waals surface area contributed by atoms with Gasteiger partial charge in [-0.1, -0.05) is 56.3 Å². The van der Waals surface area contributed by atoms with E-state index in [1.165, 1.54) is 6.20 Å². The molecule has 2 aromatic carbocycles. The van der Waals surface area contributed by atoms with Gasteiger partial charge in [0.1, 0.15) is 5.69 Å². The van der Waals surface area contributed by atoms with E-state index in [1.807, 2.05) is 38.1 Å². The summed E-state index contributed by atoms with van der Waals surface area (Å²) < 4.78 is 59.9. The Morgan fingerprint density at radius 1 is 1.10 bits per heavy atom. The molecule has 13 heteroatoms. The lowest BCUT2D eigenvalue weighted by Gasteiger charge is -2.30. The maximum Gasteiger partial charge on any atom is 0.303 e. The summed E-state index contributed by atoms with van der Waals surface area (Å²) in [4.78, 5) is 24.2. The van der Waals surface area contributed by atoms with Gasteiger partial charge in [0.05, 0.1) is 27.3 Å². The van der Waals surface area contributed by atoms with E-state index in [0.717, 1.165) is 22.9 Å². The molecule has 0 unspecified atom stereocenters. The van der Waals surface area contributed by atoms with Crippen molar-refractivity contribution in [3.63, 3.8) is 0 Å². The number of benzene rings is 2. The molecule has 0 saturated heterocycles. The Balaban J connectivity index is 1.49. The molecule has 4 heterocycles. The zero-order valence-electron chi connectivity index (χ0n) is 27.9. The SMILES string of the molecule is Cn1nc2nc1-c1cc(ccn1)Sc1c(F)c(F)c3[nH]ccc3c1CCS(=O)(=O)CC(C)(C)CCC[C@]2(C)c1cccc(CCC(=O)O)c1. The first kappa shape index (κ1) is 34.8. The summed E-state index contributed by atoms with van der Waals surface area (Å²) >= 11 is 1.02. The lowest BCUT2D eigenvalue weighted by atomic mass is 9.75. The number of H-pyrrole nitrogens is 1. The first-order valence-corrected chi connectivity index (χ1v) is 18.8. The first-order chi connectivity index (χ1) is 23.2. The number of fused-ring (bicyclic) bond motifs is 8. The molecule has 258 valence electrons. The number of aromatic nitrogens is 5. The van der Waals surface area contributed by atoms with Gasteiger partial charge in [-0.2, -0.15) is 5.10 Å². The summed E-state index contributed by atoms with van der Waals surface area (Å²) in [7, 11) is -1.82. The number of hydrogen-bond acceptors (Lipinski definition) is 7. The Hall–Kier alpha value is -4.10. The highest BCUT2D eigenvalue weighted by atomic mass is 32.2. The highest BCUT2D eigenvalue weighted by Gasteiger charge is 2.36. The van der Waals surface area contributed by atoms with E-state index in [-0.39, 0.29) is 34.8 Å². The molecule has 2 N–H and O–H groups in total. The normalized spacial score (nSPS) is 19.6. The van der Waals surface area contributed by atoms with E-state index in [4.69, 9.17) is 10.1 Å². The van der Waals surface area contributed by atoms with Crippen LogP contribution in [0.2, 0.25) is 0 Å². The fourth-order valence-electron chi connectivity index (χ4n) is 6.80. The van der Waals surface area contributed by atoms with Crippen LogP contribution in [0.1, 0.15) is 69.0 Å². The van der Waals surface area contributed by atoms with E-state index in [0.29, 0.717) is 58.9 Å². The van der Waals surface area contributed by atoms with Crippen LogP contribution in [0.25, 0.3) is 22.4 Å². The highest BCUT2D eigenvalue weighted by molar-refractivity contribution is 7.99. The number of carboxylic acid groups (broad SMARTS) is 1. The van der Waals surface area contributed by atoms with Gasteiger partial charge in [-0.05, 0) is 72.9 Å². The fourth-order valence-corrected chi connectivity index (χ4v) is 9.85. The molecule has 0 radical (unpaired) electrons. The number of nitrogens with one attached hydrogen (secondary N) is 1. The van der Waals surface area contributed by atoms with E-state index in [1.54, 1.807) is 36.1 Å². The van der Waals surface area contributed by atoms with Gasteiger partial charge in [0.15, 0.2) is 33.1 Å². The third-order valence-electron chi connectivity index (χ3n) is 9.39. The molecular formula is C36H39F2N5O4S2. The number of hydrogen-bond donors (Lipinski definition) is 2. The summed E-state index contributed by atoms with van der Waals surface area (Å²) in [6.07, 6.45) is 5.37. The molecule has 6 rings (SSSR count). The van der Waals surface area contributed by atoms with E-state index in [9.17, 15) is 18.3 Å². The predicted octanol–water partition coefficient (Wildman–Crippen LogP) is 7.28. The van der Waals surface area contributed by atoms with Crippen LogP contribution < -0.4 is 0 Å². The van der Waals surface area contributed by atoms with Crippen molar-refractivity contribution in [3.8, 4) is 11.5 Å². The second-order valence-electron chi connectivity index (χ2n) is 13.8. The number of rotatable bonds is 4. The third kappa shape index (κ3) is 7.28. The largest absolute Gasteiger partial charge is 0.481 e. The number of sulfone groups is 1. The highest BCUT2D eigenvalue weighted by Crippen LogP contribution is 2.41. The van der Waals surface area contributed by atoms with Crippen molar-refractivity contribution in [1.29, 1.82) is 0 Å². The Bertz CT molecular complexity index is 2160. The molecule has 1 aliphatic rings. The van der Waals surface area contributed by atoms with Crippen molar-refractivity contribution in [2.75, 3.05) is 11.5 Å². The van der Waals surface area contributed by atoms with Crippen molar-refractivity contribution >= 4 is 38.5 Å². The van der Waals surface area contributed by atoms with Crippen LogP contribution in [-0.4, -0.2) is 55.7 Å². The fraction of sp³-hybridized carbons (Fsp3) is 0.389. The summed E-state index contributed by atoms with van der Waals surface area (Å²) in [5.74, 6) is -2.17. The monoisotopic (exact) mass is 707 g/mol. The van der Waals surface area contributed by atoms with Gasteiger partial charge in [0.25, 0.3) is 0 Å². The number of nitrogens with zero attached hydrogens (tertiary/aromatic N) is 4. The minimum atomic E-state index is -3.60. The summed E-state index contributed by atoms with van der Waals surface area (Å²) in [6.45, 7) is 5.93. The molecule has 1 aliphatic heterocycles. The molecule has 0 amide bonds. The molecule has 4 bridgehead atoms. The number of aromatic amines is 1. The Kier molecular flexibility index (Phi) is 9.44. The molecule has 0 spiro atoms. The average molecular weight is 708 g/mol. The van der Waals surface area contributed by atoms with Crippen LogP contribution in [0.5, 0.6) is 0 Å². The van der Waals surface area contributed by atoms with Crippen molar-refractivity contribution < 1.29 is 27.1 Å². The molecule has 0 saturated carbocycles. The van der Waals surface area contributed by atoms with Crippen molar-refractivity contribution in [1.82, 2.24) is 24.7 Å². The number of aryl methyl sites for hydroxylation is 3. The third-order valence-corrected chi connectivity index (χ3v) is 12.6. The van der Waals surface area contributed by atoms with Crippen LogP contribution in [0.15, 0.2) is 64.6 Å². The van der Waals surface area contributed by atoms with Gasteiger partial charge in [-0.3, -0.25) is 9.78 Å². The van der Waals surface area contributed by atoms with Gasteiger partial charge in [0, 0.05) is 36.1 Å². The second-order valence-corrected chi connectivity index (χ2v) is 17.1. The zero-order valence-corrected chi connectivity index (χ0v) is 29.5. The topological polar surface area (TPSA) is 131 Å². The van der Waals surface area contributed by atoms with Crippen molar-refractivity contribution in [2.24, 2.45) is 12.5 Å².